The third-order valence-electron chi connectivity index (χ3n) is 3.98. The number of terminal acetylenes is 1. The fraction of sp³-hybridized carbons (Fsp3) is 0.286. The summed E-state index contributed by atoms with van der Waals surface area (Å²) in [6.45, 7) is 3.56. The van der Waals surface area contributed by atoms with Crippen LogP contribution in [0, 0.1) is 12.3 Å². The summed E-state index contributed by atoms with van der Waals surface area (Å²) < 4.78 is 11.6. The van der Waals surface area contributed by atoms with E-state index in [0.717, 1.165) is 11.4 Å². The second kappa shape index (κ2) is 7.71. The fourth-order valence-electron chi connectivity index (χ4n) is 2.82. The van der Waals surface area contributed by atoms with E-state index < -0.39 is 24.1 Å². The van der Waals surface area contributed by atoms with Crippen LogP contribution < -0.4 is 5.01 Å². The number of benzene rings is 2. The second-order valence-electron chi connectivity index (χ2n) is 6.42. The van der Waals surface area contributed by atoms with Crippen LogP contribution >= 0.6 is 0 Å². The smallest absolute Gasteiger partial charge is 0.164 e. The number of para-hydroxylation sites is 2. The Morgan fingerprint density at radius 3 is 2.12 bits per heavy atom. The maximum atomic E-state index is 10.0. The standard InChI is InChI=1S/C21H22N2O3/c1-4-18(24)20-19(25-21(2,3)26-20)15-22-23(16-11-7-5-8-12-16)17-13-9-6-10-14-17/h1,5-15,18-20,24H,2-3H3/b22-15+/t18-,19+,20-/m0/s1. The van der Waals surface area contributed by atoms with Gasteiger partial charge >= 0.3 is 0 Å². The van der Waals surface area contributed by atoms with Crippen molar-refractivity contribution in [3.63, 3.8) is 0 Å². The van der Waals surface area contributed by atoms with Crippen molar-refractivity contribution in [2.45, 2.75) is 37.9 Å². The van der Waals surface area contributed by atoms with E-state index in [2.05, 4.69) is 11.0 Å². The van der Waals surface area contributed by atoms with Crippen LogP contribution in [0.15, 0.2) is 65.8 Å². The largest absolute Gasteiger partial charge is 0.378 e. The second-order valence-corrected chi connectivity index (χ2v) is 6.42. The van der Waals surface area contributed by atoms with Crippen LogP contribution in [0.5, 0.6) is 0 Å². The lowest BCUT2D eigenvalue weighted by Crippen LogP contribution is -2.35. The third kappa shape index (κ3) is 4.12. The van der Waals surface area contributed by atoms with Crippen molar-refractivity contribution in [3.05, 3.63) is 60.7 Å². The molecular weight excluding hydrogens is 328 g/mol. The van der Waals surface area contributed by atoms with Crippen molar-refractivity contribution in [1.82, 2.24) is 0 Å². The van der Waals surface area contributed by atoms with Crippen LogP contribution in [0.3, 0.4) is 0 Å². The van der Waals surface area contributed by atoms with Gasteiger partial charge in [-0.3, -0.25) is 0 Å². The highest BCUT2D eigenvalue weighted by Crippen LogP contribution is 2.30. The van der Waals surface area contributed by atoms with Gasteiger partial charge in [0.1, 0.15) is 18.3 Å². The third-order valence-corrected chi connectivity index (χ3v) is 3.98. The topological polar surface area (TPSA) is 54.3 Å². The van der Waals surface area contributed by atoms with E-state index in [4.69, 9.17) is 15.9 Å². The average molecular weight is 350 g/mol. The Kier molecular flexibility index (Phi) is 5.38. The van der Waals surface area contributed by atoms with Gasteiger partial charge in [0.2, 0.25) is 0 Å². The monoisotopic (exact) mass is 350 g/mol. The first-order valence-corrected chi connectivity index (χ1v) is 8.44. The number of rotatable bonds is 5. The Hall–Kier alpha value is -2.65. The van der Waals surface area contributed by atoms with E-state index in [9.17, 15) is 5.11 Å². The number of aliphatic hydroxyl groups is 1. The zero-order valence-electron chi connectivity index (χ0n) is 14.8. The lowest BCUT2D eigenvalue weighted by Gasteiger charge is -2.21. The van der Waals surface area contributed by atoms with Gasteiger partial charge in [0.25, 0.3) is 0 Å². The average Bonchev–Trinajstić information content (AvgIpc) is 2.97. The first-order valence-electron chi connectivity index (χ1n) is 8.44. The molecule has 1 heterocycles. The zero-order chi connectivity index (χ0) is 18.6. The van der Waals surface area contributed by atoms with Gasteiger partial charge < -0.3 is 14.6 Å². The van der Waals surface area contributed by atoms with Crippen molar-refractivity contribution < 1.29 is 14.6 Å². The summed E-state index contributed by atoms with van der Waals surface area (Å²) in [5, 5.41) is 16.4. The SMILES string of the molecule is C#C[C@H](O)[C@@H]1OC(C)(C)O[C@@H]1/C=N/N(c1ccccc1)c1ccccc1. The normalized spacial score (nSPS) is 22.8. The van der Waals surface area contributed by atoms with Crippen molar-refractivity contribution in [1.29, 1.82) is 0 Å². The molecule has 0 saturated carbocycles. The predicted octanol–water partition coefficient (Wildman–Crippen LogP) is 3.32. The maximum Gasteiger partial charge on any atom is 0.164 e. The quantitative estimate of drug-likeness (QED) is 0.511. The summed E-state index contributed by atoms with van der Waals surface area (Å²) >= 11 is 0. The Bertz CT molecular complexity index is 744. The Morgan fingerprint density at radius 1 is 1.08 bits per heavy atom. The van der Waals surface area contributed by atoms with E-state index >= 15 is 0 Å². The summed E-state index contributed by atoms with van der Waals surface area (Å²) in [6.07, 6.45) is 4.66. The summed E-state index contributed by atoms with van der Waals surface area (Å²) in [5.74, 6) is 1.46. The van der Waals surface area contributed by atoms with Gasteiger partial charge in [-0.05, 0) is 38.1 Å². The molecule has 1 fully saturated rings. The molecule has 134 valence electrons. The molecule has 1 N–H and O–H groups in total. The van der Waals surface area contributed by atoms with E-state index in [0.29, 0.717) is 0 Å². The lowest BCUT2D eigenvalue weighted by atomic mass is 10.1. The first kappa shape index (κ1) is 18.2. The highest BCUT2D eigenvalue weighted by molar-refractivity contribution is 5.71. The van der Waals surface area contributed by atoms with Crippen LogP contribution in [0.2, 0.25) is 0 Å². The molecule has 26 heavy (non-hydrogen) atoms. The first-order chi connectivity index (χ1) is 12.5. The summed E-state index contributed by atoms with van der Waals surface area (Å²) in [6, 6.07) is 19.6. The van der Waals surface area contributed by atoms with E-state index in [1.165, 1.54) is 0 Å². The van der Waals surface area contributed by atoms with E-state index in [1.807, 2.05) is 60.7 Å². The molecule has 0 radical (unpaired) electrons. The molecule has 0 spiro atoms. The van der Waals surface area contributed by atoms with E-state index in [-0.39, 0.29) is 0 Å². The van der Waals surface area contributed by atoms with Crippen LogP contribution in [-0.4, -0.2) is 35.4 Å². The highest BCUT2D eigenvalue weighted by atomic mass is 16.8. The molecule has 1 aliphatic heterocycles. The molecule has 0 unspecified atom stereocenters. The minimum Gasteiger partial charge on any atom is -0.378 e. The van der Waals surface area contributed by atoms with Crippen molar-refractivity contribution in [2.75, 3.05) is 5.01 Å². The maximum absolute atomic E-state index is 10.0. The van der Waals surface area contributed by atoms with Gasteiger partial charge in [0.15, 0.2) is 5.79 Å². The summed E-state index contributed by atoms with van der Waals surface area (Å²) in [7, 11) is 0. The number of aliphatic hydroxyl groups excluding tert-OH is 1. The molecule has 3 atom stereocenters. The molecule has 0 aromatic heterocycles. The van der Waals surface area contributed by atoms with Crippen molar-refractivity contribution in [3.8, 4) is 12.3 Å². The number of hydrazone groups is 1. The highest BCUT2D eigenvalue weighted by Gasteiger charge is 2.43. The Morgan fingerprint density at radius 2 is 1.62 bits per heavy atom. The predicted molar refractivity (Wildman–Crippen MR) is 102 cm³/mol. The fourth-order valence-corrected chi connectivity index (χ4v) is 2.82. The van der Waals surface area contributed by atoms with Crippen LogP contribution in [-0.2, 0) is 9.47 Å². The van der Waals surface area contributed by atoms with Gasteiger partial charge in [0.05, 0.1) is 17.6 Å². The molecule has 3 rings (SSSR count). The molecular formula is C21H22N2O3. The van der Waals surface area contributed by atoms with Gasteiger partial charge in [-0.15, -0.1) is 6.42 Å². The van der Waals surface area contributed by atoms with Gasteiger partial charge in [-0.2, -0.15) is 5.10 Å². The van der Waals surface area contributed by atoms with Crippen LogP contribution in [0.4, 0.5) is 11.4 Å². The number of nitrogens with zero attached hydrogens (tertiary/aromatic N) is 2. The van der Waals surface area contributed by atoms with Gasteiger partial charge in [-0.1, -0.05) is 42.3 Å². The molecule has 5 nitrogen and oxygen atoms in total. The summed E-state index contributed by atoms with van der Waals surface area (Å²) in [5.41, 5.74) is 1.81. The van der Waals surface area contributed by atoms with E-state index in [1.54, 1.807) is 25.1 Å². The number of hydrogen-bond acceptors (Lipinski definition) is 5. The number of anilines is 2. The molecule has 2 aromatic carbocycles. The molecule has 1 aliphatic rings. The Labute approximate surface area is 153 Å². The Balaban J connectivity index is 1.90. The van der Waals surface area contributed by atoms with Crippen LogP contribution in [0.1, 0.15) is 13.8 Å². The van der Waals surface area contributed by atoms with Crippen LogP contribution in [0.25, 0.3) is 0 Å². The molecule has 5 heteroatoms. The number of ether oxygens (including phenoxy) is 2. The van der Waals surface area contributed by atoms with Gasteiger partial charge in [-0.25, -0.2) is 5.01 Å². The minimum absolute atomic E-state index is 0.564. The number of hydrogen-bond donors (Lipinski definition) is 1. The molecule has 0 aliphatic carbocycles. The summed E-state index contributed by atoms with van der Waals surface area (Å²) in [4.78, 5) is 0. The molecule has 0 bridgehead atoms. The molecule has 1 saturated heterocycles. The molecule has 0 amide bonds. The minimum atomic E-state index is -1.07. The zero-order valence-corrected chi connectivity index (χ0v) is 14.8. The van der Waals surface area contributed by atoms with Gasteiger partial charge in [0, 0.05) is 0 Å². The molecule has 2 aromatic rings. The van der Waals surface area contributed by atoms with Crippen molar-refractivity contribution in [2.24, 2.45) is 5.10 Å². The van der Waals surface area contributed by atoms with Crippen molar-refractivity contribution >= 4 is 17.6 Å². The lowest BCUT2D eigenvalue weighted by molar-refractivity contribution is -0.148.